The highest BCUT2D eigenvalue weighted by atomic mass is 32.2. The molecule has 6 nitrogen and oxygen atoms in total. The zero-order chi connectivity index (χ0) is 15.7. The molecule has 0 spiro atoms. The molecule has 1 atom stereocenters. The number of aliphatic hydroxyl groups excluding tert-OH is 1. The van der Waals surface area contributed by atoms with Crippen molar-refractivity contribution in [2.45, 2.75) is 24.7 Å². The van der Waals surface area contributed by atoms with Crippen LogP contribution in [0.15, 0.2) is 35.2 Å². The van der Waals surface area contributed by atoms with Crippen LogP contribution in [0.1, 0.15) is 19.8 Å². The molecule has 1 aromatic rings. The summed E-state index contributed by atoms with van der Waals surface area (Å²) in [6.45, 7) is 2.19. The molecule has 1 aromatic carbocycles. The maximum absolute atomic E-state index is 11.9. The van der Waals surface area contributed by atoms with Crippen molar-refractivity contribution in [2.75, 3.05) is 19.7 Å². The van der Waals surface area contributed by atoms with Crippen LogP contribution in [-0.4, -0.2) is 39.1 Å². The Labute approximate surface area is 125 Å². The highest BCUT2D eigenvalue weighted by molar-refractivity contribution is 7.89. The van der Waals surface area contributed by atoms with Crippen LogP contribution in [0.5, 0.6) is 0 Å². The second-order valence-electron chi connectivity index (χ2n) is 4.73. The van der Waals surface area contributed by atoms with Crippen LogP contribution >= 0.6 is 0 Å². The van der Waals surface area contributed by atoms with Crippen LogP contribution in [0.4, 0.5) is 0 Å². The predicted molar refractivity (Wildman–Crippen MR) is 80.1 cm³/mol. The number of hydrogen-bond donors (Lipinski definition) is 3. The quantitative estimate of drug-likeness (QED) is 0.618. The molecule has 0 bridgehead atoms. The molecular weight excluding hydrogens is 292 g/mol. The molecule has 0 aromatic heterocycles. The molecule has 0 radical (unpaired) electrons. The number of amides is 1. The fraction of sp³-hybridized carbons (Fsp3) is 0.500. The minimum Gasteiger partial charge on any atom is -0.396 e. The predicted octanol–water partition coefficient (Wildman–Crippen LogP) is 0.490. The Bertz CT molecular complexity index is 531. The number of benzene rings is 1. The summed E-state index contributed by atoms with van der Waals surface area (Å²) in [5.41, 5.74) is 0. The first-order valence-electron chi connectivity index (χ1n) is 6.92. The number of carbonyl (C=O) groups is 1. The molecule has 1 amide bonds. The van der Waals surface area contributed by atoms with Crippen LogP contribution < -0.4 is 10.0 Å². The van der Waals surface area contributed by atoms with Gasteiger partial charge in [-0.1, -0.05) is 31.5 Å². The van der Waals surface area contributed by atoms with E-state index in [1.165, 1.54) is 12.1 Å². The summed E-state index contributed by atoms with van der Waals surface area (Å²) < 4.78 is 26.1. The molecule has 1 unspecified atom stereocenters. The summed E-state index contributed by atoms with van der Waals surface area (Å²) in [6, 6.07) is 7.89. The monoisotopic (exact) mass is 314 g/mol. The first kappa shape index (κ1) is 17.6. The second-order valence-corrected chi connectivity index (χ2v) is 6.50. The van der Waals surface area contributed by atoms with Crippen LogP contribution in [0.25, 0.3) is 0 Å². The Morgan fingerprint density at radius 2 is 1.95 bits per heavy atom. The molecule has 21 heavy (non-hydrogen) atoms. The van der Waals surface area contributed by atoms with Gasteiger partial charge in [-0.25, -0.2) is 13.1 Å². The lowest BCUT2D eigenvalue weighted by Gasteiger charge is -2.14. The molecule has 0 saturated carbocycles. The summed E-state index contributed by atoms with van der Waals surface area (Å²) in [4.78, 5) is 11.8. The Morgan fingerprint density at radius 3 is 2.52 bits per heavy atom. The van der Waals surface area contributed by atoms with E-state index in [9.17, 15) is 13.2 Å². The first-order valence-corrected chi connectivity index (χ1v) is 8.40. The summed E-state index contributed by atoms with van der Waals surface area (Å²) in [5.74, 6) is -0.185. The Hall–Kier alpha value is -1.44. The van der Waals surface area contributed by atoms with E-state index in [0.717, 1.165) is 6.42 Å². The van der Waals surface area contributed by atoms with Crippen LogP contribution in [0.2, 0.25) is 0 Å². The highest BCUT2D eigenvalue weighted by Gasteiger charge is 2.15. The number of sulfonamides is 1. The van der Waals surface area contributed by atoms with Gasteiger partial charge < -0.3 is 10.4 Å². The third-order valence-corrected chi connectivity index (χ3v) is 4.60. The van der Waals surface area contributed by atoms with E-state index in [2.05, 4.69) is 10.0 Å². The number of aliphatic hydroxyl groups is 1. The molecule has 0 fully saturated rings. The van der Waals surface area contributed by atoms with Crippen molar-refractivity contribution in [1.29, 1.82) is 0 Å². The molecule has 3 N–H and O–H groups in total. The number of hydrogen-bond acceptors (Lipinski definition) is 4. The summed E-state index contributed by atoms with van der Waals surface area (Å²) in [5, 5.41) is 11.5. The summed E-state index contributed by atoms with van der Waals surface area (Å²) in [7, 11) is -3.66. The smallest absolute Gasteiger partial charge is 0.241 e. The van der Waals surface area contributed by atoms with Crippen LogP contribution in [-0.2, 0) is 14.8 Å². The fourth-order valence-electron chi connectivity index (χ4n) is 1.80. The van der Waals surface area contributed by atoms with Crippen molar-refractivity contribution in [3.05, 3.63) is 30.3 Å². The van der Waals surface area contributed by atoms with E-state index < -0.39 is 10.0 Å². The Morgan fingerprint density at radius 1 is 1.29 bits per heavy atom. The molecular formula is C14H22N2O4S. The SMILES string of the molecule is CCC(CCO)CNC(=O)CNS(=O)(=O)c1ccccc1. The average Bonchev–Trinajstić information content (AvgIpc) is 2.50. The van der Waals surface area contributed by atoms with Crippen molar-refractivity contribution in [3.63, 3.8) is 0 Å². The third kappa shape index (κ3) is 6.24. The lowest BCUT2D eigenvalue weighted by molar-refractivity contribution is -0.120. The fourth-order valence-corrected chi connectivity index (χ4v) is 2.80. The zero-order valence-electron chi connectivity index (χ0n) is 12.1. The summed E-state index contributed by atoms with van der Waals surface area (Å²) >= 11 is 0. The molecule has 0 heterocycles. The molecule has 0 aliphatic carbocycles. The molecule has 0 aliphatic rings. The largest absolute Gasteiger partial charge is 0.396 e. The van der Waals surface area contributed by atoms with Gasteiger partial charge in [0, 0.05) is 13.2 Å². The van der Waals surface area contributed by atoms with Gasteiger partial charge in [-0.3, -0.25) is 4.79 Å². The third-order valence-electron chi connectivity index (χ3n) is 3.18. The number of nitrogens with one attached hydrogen (secondary N) is 2. The average molecular weight is 314 g/mol. The summed E-state index contributed by atoms with van der Waals surface area (Å²) in [6.07, 6.45) is 1.46. The van der Waals surface area contributed by atoms with Crippen molar-refractivity contribution in [2.24, 2.45) is 5.92 Å². The van der Waals surface area contributed by atoms with E-state index in [-0.39, 0.29) is 29.9 Å². The van der Waals surface area contributed by atoms with Gasteiger partial charge in [-0.05, 0) is 24.5 Å². The lowest BCUT2D eigenvalue weighted by Crippen LogP contribution is -2.38. The van der Waals surface area contributed by atoms with E-state index in [4.69, 9.17) is 5.11 Å². The molecule has 7 heteroatoms. The van der Waals surface area contributed by atoms with E-state index in [0.29, 0.717) is 13.0 Å². The maximum Gasteiger partial charge on any atom is 0.241 e. The van der Waals surface area contributed by atoms with Gasteiger partial charge in [0.25, 0.3) is 0 Å². The van der Waals surface area contributed by atoms with E-state index in [1.54, 1.807) is 18.2 Å². The minimum absolute atomic E-state index is 0.0784. The van der Waals surface area contributed by atoms with Crippen LogP contribution in [0, 0.1) is 5.92 Å². The highest BCUT2D eigenvalue weighted by Crippen LogP contribution is 2.07. The first-order chi connectivity index (χ1) is 9.99. The van der Waals surface area contributed by atoms with Gasteiger partial charge in [0.05, 0.1) is 11.4 Å². The Balaban J connectivity index is 2.43. The van der Waals surface area contributed by atoms with Gasteiger partial charge in [0.15, 0.2) is 0 Å². The molecule has 0 aliphatic heterocycles. The minimum atomic E-state index is -3.66. The lowest BCUT2D eigenvalue weighted by atomic mass is 10.0. The van der Waals surface area contributed by atoms with E-state index >= 15 is 0 Å². The maximum atomic E-state index is 11.9. The van der Waals surface area contributed by atoms with Crippen LogP contribution in [0.3, 0.4) is 0 Å². The molecule has 118 valence electrons. The number of carbonyl (C=O) groups excluding carboxylic acids is 1. The molecule has 1 rings (SSSR count). The Kier molecular flexibility index (Phi) is 7.35. The number of rotatable bonds is 9. The normalized spacial score (nSPS) is 12.9. The van der Waals surface area contributed by atoms with Crippen molar-refractivity contribution in [1.82, 2.24) is 10.0 Å². The van der Waals surface area contributed by atoms with Gasteiger partial charge >= 0.3 is 0 Å². The van der Waals surface area contributed by atoms with Crippen molar-refractivity contribution >= 4 is 15.9 Å². The standard InChI is InChI=1S/C14H22N2O4S/c1-2-12(8-9-17)10-15-14(18)11-16-21(19,20)13-6-4-3-5-7-13/h3-7,12,16-17H,2,8-11H2,1H3,(H,15,18). The topological polar surface area (TPSA) is 95.5 Å². The van der Waals surface area contributed by atoms with Crippen molar-refractivity contribution < 1.29 is 18.3 Å². The van der Waals surface area contributed by atoms with Gasteiger partial charge in [-0.15, -0.1) is 0 Å². The van der Waals surface area contributed by atoms with Gasteiger partial charge in [0.1, 0.15) is 0 Å². The van der Waals surface area contributed by atoms with E-state index in [1.807, 2.05) is 6.92 Å². The molecule has 0 saturated heterocycles. The van der Waals surface area contributed by atoms with Crippen molar-refractivity contribution in [3.8, 4) is 0 Å². The van der Waals surface area contributed by atoms with Gasteiger partial charge in [0.2, 0.25) is 15.9 Å². The van der Waals surface area contributed by atoms with Gasteiger partial charge in [-0.2, -0.15) is 0 Å². The second kappa shape index (κ2) is 8.76. The zero-order valence-corrected chi connectivity index (χ0v) is 12.9.